The van der Waals surface area contributed by atoms with Crippen LogP contribution >= 0.6 is 0 Å². The van der Waals surface area contributed by atoms with Crippen molar-refractivity contribution in [2.75, 3.05) is 0 Å². The Hall–Kier alpha value is -1.79. The number of hydrogen-bond acceptors (Lipinski definition) is 3. The van der Waals surface area contributed by atoms with Crippen LogP contribution in [0.3, 0.4) is 0 Å². The highest BCUT2D eigenvalue weighted by atomic mass is 16.4. The Kier molecular flexibility index (Phi) is 6.66. The number of nitrogens with one attached hydrogen (secondary N) is 2. The average Bonchev–Trinajstić information content (AvgIpc) is 2.18. The van der Waals surface area contributed by atoms with Crippen LogP contribution < -0.4 is 10.6 Å². The second-order valence-corrected chi connectivity index (χ2v) is 7.04. The van der Waals surface area contributed by atoms with Gasteiger partial charge in [-0.1, -0.05) is 20.8 Å². The van der Waals surface area contributed by atoms with Gasteiger partial charge in [0.2, 0.25) is 0 Å². The van der Waals surface area contributed by atoms with E-state index in [0.717, 1.165) is 0 Å². The van der Waals surface area contributed by atoms with Gasteiger partial charge < -0.3 is 20.8 Å². The predicted molar refractivity (Wildman–Crippen MR) is 78.1 cm³/mol. The van der Waals surface area contributed by atoms with E-state index in [1.165, 1.54) is 0 Å². The second-order valence-electron chi connectivity index (χ2n) is 7.04. The minimum absolute atomic E-state index is 0.00624. The van der Waals surface area contributed by atoms with Crippen LogP contribution in [0, 0.1) is 5.41 Å². The van der Waals surface area contributed by atoms with Crippen molar-refractivity contribution in [2.45, 2.75) is 65.5 Å². The van der Waals surface area contributed by atoms with Crippen molar-refractivity contribution >= 4 is 18.0 Å². The lowest BCUT2D eigenvalue weighted by molar-refractivity contribution is -0.140. The van der Waals surface area contributed by atoms with Gasteiger partial charge in [0.15, 0.2) is 0 Å². The highest BCUT2D eigenvalue weighted by Crippen LogP contribution is 2.26. The quantitative estimate of drug-likeness (QED) is 0.572. The Bertz CT molecular complexity index is 399. The van der Waals surface area contributed by atoms with Crippen LogP contribution in [-0.4, -0.2) is 39.8 Å². The molecule has 1 atom stereocenters. The smallest absolute Gasteiger partial charge is 0.326 e. The summed E-state index contributed by atoms with van der Waals surface area (Å²) >= 11 is 0. The number of aliphatic carboxylic acids is 2. The van der Waals surface area contributed by atoms with Gasteiger partial charge in [0.05, 0.1) is 0 Å². The van der Waals surface area contributed by atoms with Gasteiger partial charge in [0.1, 0.15) is 6.04 Å². The van der Waals surface area contributed by atoms with Gasteiger partial charge in [-0.15, -0.1) is 0 Å². The number of carboxylic acid groups (broad SMARTS) is 2. The van der Waals surface area contributed by atoms with Gasteiger partial charge in [-0.05, 0) is 32.1 Å². The Morgan fingerprint density at radius 3 is 1.95 bits per heavy atom. The number of hydrogen-bond donors (Lipinski definition) is 4. The summed E-state index contributed by atoms with van der Waals surface area (Å²) in [5.41, 5.74) is -0.496. The molecule has 0 saturated carbocycles. The zero-order valence-corrected chi connectivity index (χ0v) is 13.3. The topological polar surface area (TPSA) is 116 Å². The van der Waals surface area contributed by atoms with Gasteiger partial charge >= 0.3 is 18.0 Å². The third-order valence-corrected chi connectivity index (χ3v) is 2.67. The summed E-state index contributed by atoms with van der Waals surface area (Å²) in [6.45, 7) is 9.83. The molecule has 0 aliphatic heterocycles. The minimum atomic E-state index is -1.25. The molecule has 0 aromatic rings. The predicted octanol–water partition coefficient (Wildman–Crippen LogP) is 1.82. The van der Waals surface area contributed by atoms with E-state index in [9.17, 15) is 14.4 Å². The summed E-state index contributed by atoms with van der Waals surface area (Å²) in [7, 11) is 0. The monoisotopic (exact) mass is 302 g/mol. The van der Waals surface area contributed by atoms with Gasteiger partial charge in [0, 0.05) is 12.0 Å². The number of carbonyl (C=O) groups excluding carboxylic acids is 1. The first-order chi connectivity index (χ1) is 9.32. The Morgan fingerprint density at radius 1 is 1.05 bits per heavy atom. The molecule has 122 valence electrons. The lowest BCUT2D eigenvalue weighted by atomic mass is 9.82. The molecule has 0 saturated heterocycles. The zero-order chi connectivity index (χ0) is 16.8. The van der Waals surface area contributed by atoms with Crippen molar-refractivity contribution in [1.82, 2.24) is 10.6 Å². The third kappa shape index (κ3) is 9.70. The summed E-state index contributed by atoms with van der Waals surface area (Å²) in [4.78, 5) is 33.4. The standard InChI is InChI=1S/C14H26N2O5/c1-13(2,3)8-14(4,5)16-12(21)15-9(11(19)20)6-7-10(17)18/h9H,6-8H2,1-5H3,(H,17,18)(H,19,20)(H2,15,16,21). The van der Waals surface area contributed by atoms with E-state index >= 15 is 0 Å². The fourth-order valence-corrected chi connectivity index (χ4v) is 2.40. The number of urea groups is 1. The molecule has 0 aliphatic rings. The van der Waals surface area contributed by atoms with Gasteiger partial charge in [-0.2, -0.15) is 0 Å². The number of carbonyl (C=O) groups is 3. The zero-order valence-electron chi connectivity index (χ0n) is 13.3. The lowest BCUT2D eigenvalue weighted by Crippen LogP contribution is -2.53. The third-order valence-electron chi connectivity index (χ3n) is 2.67. The van der Waals surface area contributed by atoms with Crippen molar-refractivity contribution in [1.29, 1.82) is 0 Å². The summed E-state index contributed by atoms with van der Waals surface area (Å²) in [6.07, 6.45) is 0.237. The molecule has 0 heterocycles. The van der Waals surface area contributed by atoms with Crippen LogP contribution in [-0.2, 0) is 9.59 Å². The molecule has 21 heavy (non-hydrogen) atoms. The first-order valence-corrected chi connectivity index (χ1v) is 6.86. The van der Waals surface area contributed by atoms with E-state index in [1.54, 1.807) is 0 Å². The second kappa shape index (κ2) is 7.28. The molecular weight excluding hydrogens is 276 g/mol. The van der Waals surface area contributed by atoms with Crippen molar-refractivity contribution < 1.29 is 24.6 Å². The average molecular weight is 302 g/mol. The summed E-state index contributed by atoms with van der Waals surface area (Å²) in [5, 5.41) is 22.6. The molecule has 0 aromatic carbocycles. The van der Waals surface area contributed by atoms with Crippen LogP contribution in [0.25, 0.3) is 0 Å². The van der Waals surface area contributed by atoms with E-state index in [-0.39, 0.29) is 18.3 Å². The van der Waals surface area contributed by atoms with Crippen LogP contribution in [0.2, 0.25) is 0 Å². The fourth-order valence-electron chi connectivity index (χ4n) is 2.40. The van der Waals surface area contributed by atoms with Crippen LogP contribution in [0.15, 0.2) is 0 Å². The molecule has 0 aromatic heterocycles. The molecule has 7 nitrogen and oxygen atoms in total. The fraction of sp³-hybridized carbons (Fsp3) is 0.786. The molecular formula is C14H26N2O5. The van der Waals surface area contributed by atoms with E-state index in [4.69, 9.17) is 10.2 Å². The molecule has 0 radical (unpaired) electrons. The maximum atomic E-state index is 11.9. The Labute approximate surface area is 125 Å². The summed E-state index contributed by atoms with van der Waals surface area (Å²) < 4.78 is 0. The molecule has 0 bridgehead atoms. The van der Waals surface area contributed by atoms with Crippen molar-refractivity contribution in [3.8, 4) is 0 Å². The van der Waals surface area contributed by atoms with Crippen molar-refractivity contribution in [2.24, 2.45) is 5.41 Å². The highest BCUT2D eigenvalue weighted by molar-refractivity contribution is 5.83. The highest BCUT2D eigenvalue weighted by Gasteiger charge is 2.28. The molecule has 0 spiro atoms. The Morgan fingerprint density at radius 2 is 1.57 bits per heavy atom. The maximum Gasteiger partial charge on any atom is 0.326 e. The summed E-state index contributed by atoms with van der Waals surface area (Å²) in [5.74, 6) is -2.35. The first-order valence-electron chi connectivity index (χ1n) is 6.86. The number of carboxylic acids is 2. The maximum absolute atomic E-state index is 11.9. The molecule has 0 aliphatic carbocycles. The van der Waals surface area contributed by atoms with E-state index in [0.29, 0.717) is 6.42 Å². The molecule has 0 fully saturated rings. The van der Waals surface area contributed by atoms with Crippen LogP contribution in [0.1, 0.15) is 53.9 Å². The number of rotatable bonds is 7. The minimum Gasteiger partial charge on any atom is -0.481 e. The number of amides is 2. The van der Waals surface area contributed by atoms with Gasteiger partial charge in [-0.3, -0.25) is 4.79 Å². The van der Waals surface area contributed by atoms with E-state index in [1.807, 2.05) is 34.6 Å². The van der Waals surface area contributed by atoms with Crippen molar-refractivity contribution in [3.05, 3.63) is 0 Å². The molecule has 0 rings (SSSR count). The van der Waals surface area contributed by atoms with Crippen molar-refractivity contribution in [3.63, 3.8) is 0 Å². The van der Waals surface area contributed by atoms with Gasteiger partial charge in [-0.25, -0.2) is 9.59 Å². The normalized spacial score (nSPS) is 13.4. The molecule has 1 unspecified atom stereocenters. The van der Waals surface area contributed by atoms with Crippen LogP contribution in [0.4, 0.5) is 4.79 Å². The lowest BCUT2D eigenvalue weighted by Gasteiger charge is -2.33. The SMILES string of the molecule is CC(C)(C)CC(C)(C)NC(=O)NC(CCC(=O)O)C(=O)O. The Balaban J connectivity index is 4.56. The van der Waals surface area contributed by atoms with Crippen LogP contribution in [0.5, 0.6) is 0 Å². The molecule has 4 N–H and O–H groups in total. The van der Waals surface area contributed by atoms with E-state index < -0.39 is 29.6 Å². The largest absolute Gasteiger partial charge is 0.481 e. The van der Waals surface area contributed by atoms with E-state index in [2.05, 4.69) is 10.6 Å². The van der Waals surface area contributed by atoms with Gasteiger partial charge in [0.25, 0.3) is 0 Å². The summed E-state index contributed by atoms with van der Waals surface area (Å²) in [6, 6.07) is -1.83. The molecule has 7 heteroatoms. The molecule has 2 amide bonds. The first kappa shape index (κ1) is 19.2.